The average molecular weight is 266 g/mol. The molecule has 1 amide bonds. The van der Waals surface area contributed by atoms with Crippen LogP contribution in [0.4, 0.5) is 5.69 Å². The van der Waals surface area contributed by atoms with E-state index in [0.29, 0.717) is 24.3 Å². The minimum Gasteiger partial charge on any atom is -0.338 e. The zero-order valence-corrected chi connectivity index (χ0v) is 11.5. The van der Waals surface area contributed by atoms with Gasteiger partial charge in [0.15, 0.2) is 0 Å². The fourth-order valence-corrected chi connectivity index (χ4v) is 5.25. The van der Waals surface area contributed by atoms with Gasteiger partial charge in [-0.3, -0.25) is 9.79 Å². The summed E-state index contributed by atoms with van der Waals surface area (Å²) in [7, 11) is 0. The lowest BCUT2D eigenvalue weighted by Gasteiger charge is -2.48. The van der Waals surface area contributed by atoms with Gasteiger partial charge in [-0.2, -0.15) is 0 Å². The molecule has 1 spiro atoms. The Morgan fingerprint density at radius 2 is 2.15 bits per heavy atom. The number of carbonyl (C=O) groups excluding carboxylic acids is 1. The summed E-state index contributed by atoms with van der Waals surface area (Å²) < 4.78 is 0. The molecule has 1 aromatic rings. The van der Waals surface area contributed by atoms with Crippen LogP contribution in [0, 0.1) is 5.92 Å². The quantitative estimate of drug-likeness (QED) is 0.710. The average Bonchev–Trinajstić information content (AvgIpc) is 2.96. The maximum atomic E-state index is 12.6. The van der Waals surface area contributed by atoms with Gasteiger partial charge < -0.3 is 4.90 Å². The maximum Gasteiger partial charge on any atom is 0.224 e. The van der Waals surface area contributed by atoms with Gasteiger partial charge in [0.05, 0.1) is 11.1 Å². The number of aliphatic imine (C=N–C) groups is 1. The molecule has 0 unspecified atom stereocenters. The van der Waals surface area contributed by atoms with Gasteiger partial charge in [0, 0.05) is 24.7 Å². The van der Waals surface area contributed by atoms with Crippen LogP contribution in [0.2, 0.25) is 0 Å². The van der Waals surface area contributed by atoms with Crippen LogP contribution in [-0.4, -0.2) is 29.1 Å². The predicted molar refractivity (Wildman–Crippen MR) is 77.3 cm³/mol. The van der Waals surface area contributed by atoms with Gasteiger partial charge in [0.25, 0.3) is 0 Å². The molecule has 3 nitrogen and oxygen atoms in total. The van der Waals surface area contributed by atoms with Crippen molar-refractivity contribution in [2.24, 2.45) is 10.9 Å². The molecule has 0 radical (unpaired) electrons. The number of piperidine rings is 1. The van der Waals surface area contributed by atoms with Gasteiger partial charge in [-0.1, -0.05) is 18.2 Å². The van der Waals surface area contributed by atoms with E-state index in [2.05, 4.69) is 29.2 Å². The van der Waals surface area contributed by atoms with E-state index in [4.69, 9.17) is 4.99 Å². The minimum absolute atomic E-state index is 0.0724. The molecule has 2 saturated heterocycles. The Labute approximate surface area is 118 Å². The van der Waals surface area contributed by atoms with E-state index in [1.54, 1.807) is 0 Å². The molecule has 20 heavy (non-hydrogen) atoms. The second kappa shape index (κ2) is 3.51. The standard InChI is InChI=1S/C17H18N2O/c20-15-10-17-12-5-1-2-6-13(12)18-14(17)8-7-11-4-3-9-19(15)16(11)17/h1-2,5-6,11,16H,3-4,7-10H2/t11-,16-,17-/m1/s1. The largest absolute Gasteiger partial charge is 0.338 e. The van der Waals surface area contributed by atoms with Crippen molar-refractivity contribution in [2.45, 2.75) is 43.6 Å². The summed E-state index contributed by atoms with van der Waals surface area (Å²) in [5.41, 5.74) is 3.65. The Morgan fingerprint density at radius 3 is 3.10 bits per heavy atom. The first-order chi connectivity index (χ1) is 9.80. The first kappa shape index (κ1) is 11.1. The van der Waals surface area contributed by atoms with Crippen LogP contribution in [0.3, 0.4) is 0 Å². The summed E-state index contributed by atoms with van der Waals surface area (Å²) in [5.74, 6) is 1.03. The van der Waals surface area contributed by atoms with Crippen molar-refractivity contribution in [3.05, 3.63) is 29.8 Å². The van der Waals surface area contributed by atoms with Crippen LogP contribution in [-0.2, 0) is 10.2 Å². The molecule has 1 aromatic carbocycles. The third-order valence-corrected chi connectivity index (χ3v) is 5.92. The SMILES string of the molecule is O=C1C[C@]23C(=Nc4ccccc42)CC[C@H]2CCCN1[C@H]23. The van der Waals surface area contributed by atoms with Crippen molar-refractivity contribution in [2.75, 3.05) is 6.54 Å². The number of benzene rings is 1. The molecule has 0 bridgehead atoms. The molecule has 3 heteroatoms. The van der Waals surface area contributed by atoms with Crippen LogP contribution in [0.25, 0.3) is 0 Å². The zero-order chi connectivity index (χ0) is 13.3. The molecule has 3 aliphatic heterocycles. The highest BCUT2D eigenvalue weighted by Gasteiger charge is 2.62. The van der Waals surface area contributed by atoms with Crippen molar-refractivity contribution in [3.63, 3.8) is 0 Å². The number of carbonyl (C=O) groups is 1. The summed E-state index contributed by atoms with van der Waals surface area (Å²) >= 11 is 0. The van der Waals surface area contributed by atoms with Crippen LogP contribution < -0.4 is 0 Å². The highest BCUT2D eigenvalue weighted by molar-refractivity contribution is 6.08. The van der Waals surface area contributed by atoms with E-state index in [1.807, 2.05) is 0 Å². The lowest BCUT2D eigenvalue weighted by molar-refractivity contribution is -0.130. The molecule has 5 rings (SSSR count). The monoisotopic (exact) mass is 266 g/mol. The van der Waals surface area contributed by atoms with E-state index in [-0.39, 0.29) is 5.41 Å². The Morgan fingerprint density at radius 1 is 1.25 bits per heavy atom. The highest BCUT2D eigenvalue weighted by atomic mass is 16.2. The number of nitrogens with zero attached hydrogens (tertiary/aromatic N) is 2. The highest BCUT2D eigenvalue weighted by Crippen LogP contribution is 2.57. The van der Waals surface area contributed by atoms with E-state index >= 15 is 0 Å². The summed E-state index contributed by atoms with van der Waals surface area (Å²) in [6, 6.07) is 8.87. The van der Waals surface area contributed by atoms with Crippen LogP contribution in [0.5, 0.6) is 0 Å². The Bertz CT molecular complexity index is 650. The van der Waals surface area contributed by atoms with Crippen LogP contribution >= 0.6 is 0 Å². The molecule has 3 heterocycles. The van der Waals surface area contributed by atoms with Crippen molar-refractivity contribution in [1.82, 2.24) is 4.90 Å². The topological polar surface area (TPSA) is 32.7 Å². The fraction of sp³-hybridized carbons (Fsp3) is 0.529. The summed E-state index contributed by atoms with van der Waals surface area (Å²) in [4.78, 5) is 19.7. The molecule has 1 saturated carbocycles. The molecular formula is C17H18N2O. The van der Waals surface area contributed by atoms with Crippen molar-refractivity contribution < 1.29 is 4.79 Å². The van der Waals surface area contributed by atoms with Gasteiger partial charge >= 0.3 is 0 Å². The van der Waals surface area contributed by atoms with E-state index < -0.39 is 0 Å². The molecule has 1 aliphatic carbocycles. The molecule has 4 aliphatic rings. The smallest absolute Gasteiger partial charge is 0.224 e. The molecule has 0 N–H and O–H groups in total. The first-order valence-corrected chi connectivity index (χ1v) is 7.78. The lowest BCUT2D eigenvalue weighted by Crippen LogP contribution is -2.56. The van der Waals surface area contributed by atoms with E-state index in [9.17, 15) is 4.79 Å². The predicted octanol–water partition coefficient (Wildman–Crippen LogP) is 2.82. The van der Waals surface area contributed by atoms with Gasteiger partial charge in [0.1, 0.15) is 0 Å². The lowest BCUT2D eigenvalue weighted by atomic mass is 9.60. The third-order valence-electron chi connectivity index (χ3n) is 5.92. The Kier molecular flexibility index (Phi) is 1.94. The molecule has 0 aromatic heterocycles. The van der Waals surface area contributed by atoms with E-state index in [0.717, 1.165) is 18.7 Å². The number of rotatable bonds is 0. The summed E-state index contributed by atoms with van der Waals surface area (Å²) in [5, 5.41) is 0. The Balaban J connectivity index is 1.77. The summed E-state index contributed by atoms with van der Waals surface area (Å²) in [6.07, 6.45) is 5.41. The van der Waals surface area contributed by atoms with Gasteiger partial charge in [0.2, 0.25) is 5.91 Å². The number of hydrogen-bond acceptors (Lipinski definition) is 2. The minimum atomic E-state index is -0.0724. The van der Waals surface area contributed by atoms with Crippen molar-refractivity contribution in [3.8, 4) is 0 Å². The molecule has 102 valence electrons. The fourth-order valence-electron chi connectivity index (χ4n) is 5.25. The van der Waals surface area contributed by atoms with Gasteiger partial charge in [-0.05, 0) is 43.2 Å². The number of hydrogen-bond donors (Lipinski definition) is 0. The summed E-state index contributed by atoms with van der Waals surface area (Å²) in [6.45, 7) is 0.956. The second-order valence-electron chi connectivity index (χ2n) is 6.70. The van der Waals surface area contributed by atoms with Crippen molar-refractivity contribution >= 4 is 17.3 Å². The van der Waals surface area contributed by atoms with Crippen LogP contribution in [0.15, 0.2) is 29.3 Å². The first-order valence-electron chi connectivity index (χ1n) is 7.78. The zero-order valence-electron chi connectivity index (χ0n) is 11.5. The Hall–Kier alpha value is -1.64. The van der Waals surface area contributed by atoms with Crippen LogP contribution in [0.1, 0.15) is 37.7 Å². The normalized spacial score (nSPS) is 37.3. The van der Waals surface area contributed by atoms with Gasteiger partial charge in [-0.25, -0.2) is 0 Å². The number of para-hydroxylation sites is 1. The van der Waals surface area contributed by atoms with Gasteiger partial charge in [-0.15, -0.1) is 0 Å². The molecule has 3 fully saturated rings. The van der Waals surface area contributed by atoms with Crippen molar-refractivity contribution in [1.29, 1.82) is 0 Å². The maximum absolute atomic E-state index is 12.6. The number of amides is 1. The second-order valence-corrected chi connectivity index (χ2v) is 6.70. The molecular weight excluding hydrogens is 248 g/mol. The third kappa shape index (κ3) is 1.10. The molecule has 3 atom stereocenters. The van der Waals surface area contributed by atoms with E-state index in [1.165, 1.54) is 30.5 Å². The number of fused-ring (bicyclic) bond motifs is 1.